The number of hydrogen-bond donors (Lipinski definition) is 4. The van der Waals surface area contributed by atoms with Crippen molar-refractivity contribution < 1.29 is 20.1 Å². The zero-order valence-electron chi connectivity index (χ0n) is 8.68. The summed E-state index contributed by atoms with van der Waals surface area (Å²) in [6, 6.07) is 1.09. The SMILES string of the molecule is O=c1ccn([C@H]2O[C@H](CO)[C@@H](O)[C@H]2O)c(=O)[nH]1. The standard InChI is InChI=1S/C9H12N2O6/c12-3-4-6(14)7(15)8(17-4)11-2-1-5(13)10-9(11)16/h1-2,4,6-8,12,14-15H,3H2,(H,10,13,16)/t4-,6-,7-,8+/m1/s1. The van der Waals surface area contributed by atoms with Crippen molar-refractivity contribution in [2.24, 2.45) is 0 Å². The first-order valence-corrected chi connectivity index (χ1v) is 4.98. The van der Waals surface area contributed by atoms with Crippen LogP contribution in [0.2, 0.25) is 0 Å². The summed E-state index contributed by atoms with van der Waals surface area (Å²) in [7, 11) is 0. The van der Waals surface area contributed by atoms with Gasteiger partial charge in [0.15, 0.2) is 6.23 Å². The molecular weight excluding hydrogens is 232 g/mol. The van der Waals surface area contributed by atoms with E-state index in [-0.39, 0.29) is 0 Å². The fourth-order valence-electron chi connectivity index (χ4n) is 1.74. The van der Waals surface area contributed by atoms with Crippen LogP contribution in [0, 0.1) is 0 Å². The van der Waals surface area contributed by atoms with Crippen molar-refractivity contribution in [2.75, 3.05) is 6.61 Å². The molecule has 94 valence electrons. The fraction of sp³-hybridized carbons (Fsp3) is 0.556. The molecule has 1 aliphatic heterocycles. The van der Waals surface area contributed by atoms with Crippen molar-refractivity contribution in [3.8, 4) is 0 Å². The molecule has 8 heteroatoms. The second kappa shape index (κ2) is 4.41. The molecule has 1 aliphatic rings. The van der Waals surface area contributed by atoms with Crippen molar-refractivity contribution in [2.45, 2.75) is 24.5 Å². The molecule has 1 aromatic heterocycles. The molecule has 0 amide bonds. The maximum absolute atomic E-state index is 11.4. The van der Waals surface area contributed by atoms with Crippen LogP contribution in [0.5, 0.6) is 0 Å². The number of ether oxygens (including phenoxy) is 1. The van der Waals surface area contributed by atoms with Crippen LogP contribution in [0.1, 0.15) is 6.23 Å². The normalized spacial score (nSPS) is 32.9. The fourth-order valence-corrected chi connectivity index (χ4v) is 1.74. The Hall–Kier alpha value is -1.48. The Morgan fingerprint density at radius 2 is 2.06 bits per heavy atom. The summed E-state index contributed by atoms with van der Waals surface area (Å²) in [5.41, 5.74) is -1.33. The van der Waals surface area contributed by atoms with Crippen LogP contribution in [-0.2, 0) is 4.74 Å². The summed E-state index contributed by atoms with van der Waals surface area (Å²) in [6.45, 7) is -0.479. The van der Waals surface area contributed by atoms with Gasteiger partial charge in [-0.15, -0.1) is 0 Å². The van der Waals surface area contributed by atoms with Gasteiger partial charge >= 0.3 is 5.69 Å². The van der Waals surface area contributed by atoms with E-state index in [9.17, 15) is 19.8 Å². The van der Waals surface area contributed by atoms with E-state index in [1.54, 1.807) is 0 Å². The van der Waals surface area contributed by atoms with Gasteiger partial charge in [-0.3, -0.25) is 14.3 Å². The van der Waals surface area contributed by atoms with E-state index in [2.05, 4.69) is 0 Å². The summed E-state index contributed by atoms with van der Waals surface area (Å²) in [6.07, 6.45) is -3.58. The lowest BCUT2D eigenvalue weighted by Gasteiger charge is -2.16. The zero-order valence-corrected chi connectivity index (χ0v) is 8.68. The third-order valence-electron chi connectivity index (χ3n) is 2.64. The summed E-state index contributed by atoms with van der Waals surface area (Å²) in [4.78, 5) is 24.3. The lowest BCUT2D eigenvalue weighted by atomic mass is 10.1. The van der Waals surface area contributed by atoms with Crippen LogP contribution in [0.4, 0.5) is 0 Å². The molecular formula is C9H12N2O6. The molecule has 0 aromatic carbocycles. The number of aromatic nitrogens is 2. The van der Waals surface area contributed by atoms with Gasteiger partial charge in [-0.05, 0) is 0 Å². The molecule has 8 nitrogen and oxygen atoms in total. The molecule has 1 aromatic rings. The van der Waals surface area contributed by atoms with Crippen LogP contribution in [-0.4, -0.2) is 49.8 Å². The van der Waals surface area contributed by atoms with Gasteiger partial charge in [-0.1, -0.05) is 0 Å². The van der Waals surface area contributed by atoms with Gasteiger partial charge in [-0.25, -0.2) is 4.79 Å². The van der Waals surface area contributed by atoms with Crippen LogP contribution in [0.3, 0.4) is 0 Å². The third-order valence-corrected chi connectivity index (χ3v) is 2.64. The molecule has 1 saturated heterocycles. The molecule has 0 aliphatic carbocycles. The van der Waals surface area contributed by atoms with Gasteiger partial charge in [0.05, 0.1) is 6.61 Å². The monoisotopic (exact) mass is 244 g/mol. The van der Waals surface area contributed by atoms with Crippen molar-refractivity contribution in [1.82, 2.24) is 9.55 Å². The number of rotatable bonds is 2. The van der Waals surface area contributed by atoms with Gasteiger partial charge < -0.3 is 20.1 Å². The number of aliphatic hydroxyl groups excluding tert-OH is 3. The Morgan fingerprint density at radius 3 is 2.59 bits per heavy atom. The first-order chi connectivity index (χ1) is 8.04. The van der Waals surface area contributed by atoms with Crippen LogP contribution in [0.25, 0.3) is 0 Å². The number of nitrogens with one attached hydrogen (secondary N) is 1. The van der Waals surface area contributed by atoms with E-state index in [0.717, 1.165) is 16.8 Å². The van der Waals surface area contributed by atoms with Gasteiger partial charge in [0, 0.05) is 12.3 Å². The second-order valence-corrected chi connectivity index (χ2v) is 3.75. The predicted octanol–water partition coefficient (Wildman–Crippen LogP) is -2.85. The van der Waals surface area contributed by atoms with Gasteiger partial charge in [0.25, 0.3) is 5.56 Å². The average Bonchev–Trinajstić information content (AvgIpc) is 2.57. The predicted molar refractivity (Wildman–Crippen MR) is 54.3 cm³/mol. The first-order valence-electron chi connectivity index (χ1n) is 4.98. The van der Waals surface area contributed by atoms with Gasteiger partial charge in [0.1, 0.15) is 18.3 Å². The van der Waals surface area contributed by atoms with E-state index >= 15 is 0 Å². The summed E-state index contributed by atoms with van der Waals surface area (Å²) >= 11 is 0. The lowest BCUT2D eigenvalue weighted by Crippen LogP contribution is -2.37. The molecule has 0 saturated carbocycles. The largest absolute Gasteiger partial charge is 0.394 e. The Balaban J connectivity index is 2.35. The van der Waals surface area contributed by atoms with Crippen molar-refractivity contribution in [3.63, 3.8) is 0 Å². The number of H-pyrrole nitrogens is 1. The molecule has 2 heterocycles. The number of aromatic amines is 1. The number of nitrogens with zero attached hydrogens (tertiary/aromatic N) is 1. The minimum atomic E-state index is -1.35. The Kier molecular flexibility index (Phi) is 3.11. The molecule has 0 radical (unpaired) electrons. The number of hydrogen-bond acceptors (Lipinski definition) is 6. The quantitative estimate of drug-likeness (QED) is 0.444. The maximum atomic E-state index is 11.4. The average molecular weight is 244 g/mol. The summed E-state index contributed by atoms with van der Waals surface area (Å²) in [5, 5.41) is 28.1. The Morgan fingerprint density at radius 1 is 1.35 bits per heavy atom. The van der Waals surface area contributed by atoms with Gasteiger partial charge in [0.2, 0.25) is 0 Å². The highest BCUT2D eigenvalue weighted by Gasteiger charge is 2.43. The highest BCUT2D eigenvalue weighted by molar-refractivity contribution is 4.92. The minimum absolute atomic E-state index is 0.479. The van der Waals surface area contributed by atoms with Crippen molar-refractivity contribution >= 4 is 0 Å². The van der Waals surface area contributed by atoms with Crippen LogP contribution >= 0.6 is 0 Å². The second-order valence-electron chi connectivity index (χ2n) is 3.75. The van der Waals surface area contributed by atoms with Crippen LogP contribution < -0.4 is 11.2 Å². The first kappa shape index (κ1) is 12.0. The molecule has 4 N–H and O–H groups in total. The molecule has 0 spiro atoms. The third kappa shape index (κ3) is 2.03. The molecule has 17 heavy (non-hydrogen) atoms. The van der Waals surface area contributed by atoms with Crippen molar-refractivity contribution in [1.29, 1.82) is 0 Å². The molecule has 0 bridgehead atoms. The Bertz CT molecular complexity index is 509. The smallest absolute Gasteiger partial charge is 0.330 e. The van der Waals surface area contributed by atoms with Crippen molar-refractivity contribution in [3.05, 3.63) is 33.1 Å². The van der Waals surface area contributed by atoms with Crippen LogP contribution in [0.15, 0.2) is 21.9 Å². The topological polar surface area (TPSA) is 125 Å². The molecule has 2 rings (SSSR count). The van der Waals surface area contributed by atoms with E-state index in [1.807, 2.05) is 4.98 Å². The zero-order chi connectivity index (χ0) is 12.6. The van der Waals surface area contributed by atoms with E-state index in [1.165, 1.54) is 0 Å². The molecule has 1 fully saturated rings. The highest BCUT2D eigenvalue weighted by Crippen LogP contribution is 2.27. The van der Waals surface area contributed by atoms with E-state index in [0.29, 0.717) is 0 Å². The summed E-state index contributed by atoms with van der Waals surface area (Å²) in [5.74, 6) is 0. The highest BCUT2D eigenvalue weighted by atomic mass is 16.6. The number of aliphatic hydroxyl groups is 3. The lowest BCUT2D eigenvalue weighted by molar-refractivity contribution is -0.0550. The Labute approximate surface area is 94.7 Å². The molecule has 4 atom stereocenters. The van der Waals surface area contributed by atoms with E-state index in [4.69, 9.17) is 9.84 Å². The maximum Gasteiger partial charge on any atom is 0.330 e. The summed E-state index contributed by atoms with van der Waals surface area (Å²) < 4.78 is 6.08. The molecule has 0 unspecified atom stereocenters. The van der Waals surface area contributed by atoms with Gasteiger partial charge in [-0.2, -0.15) is 0 Å². The minimum Gasteiger partial charge on any atom is -0.394 e. The van der Waals surface area contributed by atoms with E-state index < -0.39 is 42.4 Å².